The van der Waals surface area contributed by atoms with Crippen LogP contribution in [-0.4, -0.2) is 28.6 Å². The minimum atomic E-state index is -0.000880. The van der Waals surface area contributed by atoms with Gasteiger partial charge in [-0.15, -0.1) is 0 Å². The van der Waals surface area contributed by atoms with E-state index in [0.29, 0.717) is 17.5 Å². The van der Waals surface area contributed by atoms with E-state index in [1.165, 1.54) is 6.42 Å². The van der Waals surface area contributed by atoms with Gasteiger partial charge in [0.05, 0.1) is 0 Å². The van der Waals surface area contributed by atoms with Crippen LogP contribution in [0, 0.1) is 6.92 Å². The van der Waals surface area contributed by atoms with Crippen molar-refractivity contribution in [2.24, 2.45) is 0 Å². The van der Waals surface area contributed by atoms with Crippen LogP contribution in [0.2, 0.25) is 0 Å². The smallest absolute Gasteiger partial charge is 0.276 e. The number of carbonyl (C=O) groups is 1. The van der Waals surface area contributed by atoms with Crippen LogP contribution in [0.5, 0.6) is 0 Å². The maximum Gasteiger partial charge on any atom is 0.276 e. The molecule has 1 aromatic heterocycles. The first-order chi connectivity index (χ1) is 7.18. The molecule has 1 atom stereocenters. The largest absolute Gasteiger partial charge is 0.361 e. The molecule has 1 fully saturated rings. The molecule has 1 aromatic rings. The summed E-state index contributed by atoms with van der Waals surface area (Å²) < 4.78 is 4.91. The lowest BCUT2D eigenvalue weighted by atomic mass is 10.0. The number of amides is 1. The zero-order chi connectivity index (χ0) is 10.8. The number of nitrogens with zero attached hydrogens (tertiary/aromatic N) is 2. The van der Waals surface area contributed by atoms with E-state index in [1.807, 2.05) is 4.90 Å². The second-order valence-corrected chi connectivity index (χ2v) is 4.17. The Bertz CT molecular complexity index is 359. The molecule has 82 valence electrons. The summed E-state index contributed by atoms with van der Waals surface area (Å²) >= 11 is 0. The van der Waals surface area contributed by atoms with Crippen LogP contribution in [-0.2, 0) is 0 Å². The van der Waals surface area contributed by atoms with Crippen molar-refractivity contribution in [3.05, 3.63) is 17.5 Å². The van der Waals surface area contributed by atoms with Crippen LogP contribution in [0.3, 0.4) is 0 Å². The molecular formula is C11H16N2O2. The number of rotatable bonds is 1. The average molecular weight is 208 g/mol. The van der Waals surface area contributed by atoms with Crippen molar-refractivity contribution < 1.29 is 9.32 Å². The van der Waals surface area contributed by atoms with Crippen molar-refractivity contribution in [3.63, 3.8) is 0 Å². The summed E-state index contributed by atoms with van der Waals surface area (Å²) in [6, 6.07) is 2.02. The molecule has 0 saturated carbocycles. The van der Waals surface area contributed by atoms with E-state index in [0.717, 1.165) is 19.4 Å². The normalized spacial score (nSPS) is 21.7. The second-order valence-electron chi connectivity index (χ2n) is 4.17. The Morgan fingerprint density at radius 3 is 3.00 bits per heavy atom. The minimum Gasteiger partial charge on any atom is -0.361 e. The number of hydrogen-bond acceptors (Lipinski definition) is 3. The average Bonchev–Trinajstić information content (AvgIpc) is 2.65. The Kier molecular flexibility index (Phi) is 2.75. The molecule has 0 N–H and O–H groups in total. The fourth-order valence-corrected chi connectivity index (χ4v) is 2.01. The molecule has 1 aliphatic rings. The van der Waals surface area contributed by atoms with Crippen LogP contribution >= 0.6 is 0 Å². The molecular weight excluding hydrogens is 192 g/mol. The molecule has 0 aromatic carbocycles. The third-order valence-electron chi connectivity index (χ3n) is 2.91. The van der Waals surface area contributed by atoms with E-state index >= 15 is 0 Å². The van der Waals surface area contributed by atoms with Gasteiger partial charge in [-0.2, -0.15) is 0 Å². The number of likely N-dealkylation sites (tertiary alicyclic amines) is 1. The van der Waals surface area contributed by atoms with Gasteiger partial charge in [0.25, 0.3) is 5.91 Å². The molecule has 1 amide bonds. The third-order valence-corrected chi connectivity index (χ3v) is 2.91. The van der Waals surface area contributed by atoms with Crippen LogP contribution < -0.4 is 0 Å². The maximum absolute atomic E-state index is 12.0. The first-order valence-corrected chi connectivity index (χ1v) is 5.43. The number of piperidine rings is 1. The van der Waals surface area contributed by atoms with Crippen LogP contribution in [0.25, 0.3) is 0 Å². The molecule has 1 unspecified atom stereocenters. The molecule has 0 bridgehead atoms. The van der Waals surface area contributed by atoms with Gasteiger partial charge in [0.15, 0.2) is 5.69 Å². The Morgan fingerprint density at radius 2 is 2.40 bits per heavy atom. The Morgan fingerprint density at radius 1 is 1.60 bits per heavy atom. The lowest BCUT2D eigenvalue weighted by molar-refractivity contribution is 0.0625. The predicted molar refractivity (Wildman–Crippen MR) is 55.6 cm³/mol. The monoisotopic (exact) mass is 208 g/mol. The van der Waals surface area contributed by atoms with E-state index in [1.54, 1.807) is 13.0 Å². The van der Waals surface area contributed by atoms with Crippen LogP contribution in [0.1, 0.15) is 42.4 Å². The lowest BCUT2D eigenvalue weighted by Gasteiger charge is -2.32. The van der Waals surface area contributed by atoms with Gasteiger partial charge in [0.2, 0.25) is 0 Å². The number of hydrogen-bond donors (Lipinski definition) is 0. The van der Waals surface area contributed by atoms with Crippen molar-refractivity contribution >= 4 is 5.91 Å². The summed E-state index contributed by atoms with van der Waals surface area (Å²) in [5, 5.41) is 3.76. The molecule has 1 saturated heterocycles. The van der Waals surface area contributed by atoms with E-state index in [4.69, 9.17) is 4.52 Å². The second kappa shape index (κ2) is 4.04. The van der Waals surface area contributed by atoms with E-state index in [-0.39, 0.29) is 5.91 Å². The van der Waals surface area contributed by atoms with Crippen molar-refractivity contribution in [1.82, 2.24) is 10.1 Å². The van der Waals surface area contributed by atoms with Crippen molar-refractivity contribution in [1.29, 1.82) is 0 Å². The van der Waals surface area contributed by atoms with Crippen molar-refractivity contribution in [3.8, 4) is 0 Å². The molecule has 0 radical (unpaired) electrons. The molecule has 0 spiro atoms. The van der Waals surface area contributed by atoms with Gasteiger partial charge in [0, 0.05) is 18.7 Å². The zero-order valence-electron chi connectivity index (χ0n) is 9.19. The van der Waals surface area contributed by atoms with Gasteiger partial charge in [-0.25, -0.2) is 0 Å². The third kappa shape index (κ3) is 2.03. The molecule has 15 heavy (non-hydrogen) atoms. The van der Waals surface area contributed by atoms with Gasteiger partial charge in [-0.3, -0.25) is 4.79 Å². The highest BCUT2D eigenvalue weighted by atomic mass is 16.5. The van der Waals surface area contributed by atoms with Gasteiger partial charge in [-0.05, 0) is 33.1 Å². The summed E-state index contributed by atoms with van der Waals surface area (Å²) in [6.07, 6.45) is 3.39. The van der Waals surface area contributed by atoms with Gasteiger partial charge in [0.1, 0.15) is 5.76 Å². The van der Waals surface area contributed by atoms with E-state index < -0.39 is 0 Å². The Hall–Kier alpha value is -1.32. The number of aryl methyl sites for hydroxylation is 1. The lowest BCUT2D eigenvalue weighted by Crippen LogP contribution is -2.42. The standard InChI is InChI=1S/C11H16N2O2/c1-8-5-3-4-6-13(8)11(14)10-7-9(2)15-12-10/h7-8H,3-6H2,1-2H3. The molecule has 0 aliphatic carbocycles. The predicted octanol–water partition coefficient (Wildman–Crippen LogP) is 2.00. The molecule has 2 rings (SSSR count). The summed E-state index contributed by atoms with van der Waals surface area (Å²) in [5.41, 5.74) is 0.432. The van der Waals surface area contributed by atoms with E-state index in [9.17, 15) is 4.79 Å². The first kappa shape index (κ1) is 10.2. The number of aromatic nitrogens is 1. The van der Waals surface area contributed by atoms with Gasteiger partial charge in [-0.1, -0.05) is 5.16 Å². The summed E-state index contributed by atoms with van der Waals surface area (Å²) in [5.74, 6) is 0.682. The highest BCUT2D eigenvalue weighted by Crippen LogP contribution is 2.18. The number of carbonyl (C=O) groups excluding carboxylic acids is 1. The Balaban J connectivity index is 2.13. The zero-order valence-corrected chi connectivity index (χ0v) is 9.19. The fourth-order valence-electron chi connectivity index (χ4n) is 2.01. The molecule has 4 nitrogen and oxygen atoms in total. The van der Waals surface area contributed by atoms with Gasteiger partial charge < -0.3 is 9.42 Å². The summed E-state index contributed by atoms with van der Waals surface area (Å²) in [7, 11) is 0. The fraction of sp³-hybridized carbons (Fsp3) is 0.636. The van der Waals surface area contributed by atoms with E-state index in [2.05, 4.69) is 12.1 Å². The Labute approximate surface area is 89.2 Å². The summed E-state index contributed by atoms with van der Waals surface area (Å²) in [4.78, 5) is 13.9. The summed E-state index contributed by atoms with van der Waals surface area (Å²) in [6.45, 7) is 4.72. The topological polar surface area (TPSA) is 46.3 Å². The molecule has 4 heteroatoms. The molecule has 1 aliphatic heterocycles. The molecule has 2 heterocycles. The van der Waals surface area contributed by atoms with Crippen LogP contribution in [0.15, 0.2) is 10.6 Å². The SMILES string of the molecule is Cc1cc(C(=O)N2CCCCC2C)no1. The van der Waals surface area contributed by atoms with Gasteiger partial charge >= 0.3 is 0 Å². The quantitative estimate of drug-likeness (QED) is 0.709. The first-order valence-electron chi connectivity index (χ1n) is 5.43. The highest BCUT2D eigenvalue weighted by molar-refractivity contribution is 5.92. The van der Waals surface area contributed by atoms with Crippen LogP contribution in [0.4, 0.5) is 0 Å². The highest BCUT2D eigenvalue weighted by Gasteiger charge is 2.25. The maximum atomic E-state index is 12.0. The minimum absolute atomic E-state index is 0.000880. The van der Waals surface area contributed by atoms with Crippen molar-refractivity contribution in [2.75, 3.05) is 6.54 Å². The van der Waals surface area contributed by atoms with Crippen molar-refractivity contribution in [2.45, 2.75) is 39.2 Å².